The van der Waals surface area contributed by atoms with Crippen molar-refractivity contribution in [1.82, 2.24) is 5.32 Å². The number of carbonyl (C=O) groups excluding carboxylic acids is 3. The number of carboxylic acids is 1. The van der Waals surface area contributed by atoms with Gasteiger partial charge in [-0.3, -0.25) is 19.7 Å². The summed E-state index contributed by atoms with van der Waals surface area (Å²) in [7, 11) is 0. The summed E-state index contributed by atoms with van der Waals surface area (Å²) in [6, 6.07) is 4.74. The maximum absolute atomic E-state index is 11.9. The smallest absolute Gasteiger partial charge is 0.436 e. The lowest BCUT2D eigenvalue weighted by molar-refractivity contribution is -0.145. The summed E-state index contributed by atoms with van der Waals surface area (Å²) < 4.78 is 4.64. The Kier molecular flexibility index (Phi) is 8.70. The maximum Gasteiger partial charge on any atom is 0.436 e. The van der Waals surface area contributed by atoms with Crippen molar-refractivity contribution >= 4 is 52.9 Å². The van der Waals surface area contributed by atoms with Gasteiger partial charge in [-0.2, -0.15) is 0 Å². The number of Topliss-reactive ketones (excluding diaryl/α,β-unsaturated/α-hetero) is 1. The molecule has 0 unspecified atom stereocenters. The highest BCUT2D eigenvalue weighted by Crippen LogP contribution is 2.24. The Morgan fingerprint density at radius 3 is 2.37 bits per heavy atom. The van der Waals surface area contributed by atoms with Crippen LogP contribution >= 0.6 is 23.2 Å². The van der Waals surface area contributed by atoms with Gasteiger partial charge in [0.25, 0.3) is 0 Å². The van der Waals surface area contributed by atoms with Crippen molar-refractivity contribution in [2.24, 2.45) is 16.6 Å². The number of nitrogens with two attached hydrogens (primary N) is 1. The highest BCUT2D eigenvalue weighted by Gasteiger charge is 2.21. The van der Waals surface area contributed by atoms with Gasteiger partial charge in [-0.25, -0.2) is 4.79 Å². The summed E-state index contributed by atoms with van der Waals surface area (Å²) in [5.41, 5.74) is 5.81. The molecule has 0 radical (unpaired) electrons. The zero-order chi connectivity index (χ0) is 20.6. The minimum Gasteiger partial charge on any atom is -0.481 e. The Bertz CT molecular complexity index is 761. The van der Waals surface area contributed by atoms with E-state index in [0.29, 0.717) is 5.56 Å². The Hall–Kier alpha value is -2.65. The molecule has 2 amide bonds. The van der Waals surface area contributed by atoms with Gasteiger partial charge in [0.05, 0.1) is 12.3 Å². The molecule has 0 fully saturated rings. The first kappa shape index (κ1) is 22.4. The fourth-order valence-corrected chi connectivity index (χ4v) is 2.47. The van der Waals surface area contributed by atoms with Crippen LogP contribution in [0.3, 0.4) is 0 Å². The Labute approximate surface area is 164 Å². The molecule has 1 atom stereocenters. The molecule has 9 nitrogen and oxygen atoms in total. The largest absolute Gasteiger partial charge is 0.481 e. The molecular formula is C16H17Cl2N3O6. The Morgan fingerprint density at radius 1 is 1.26 bits per heavy atom. The number of nitrogens with zero attached hydrogens (tertiary/aromatic N) is 1. The Balaban J connectivity index is 2.60. The van der Waals surface area contributed by atoms with E-state index in [2.05, 4.69) is 15.0 Å². The van der Waals surface area contributed by atoms with Crippen molar-refractivity contribution in [3.8, 4) is 0 Å². The van der Waals surface area contributed by atoms with Gasteiger partial charge in [0.2, 0.25) is 11.9 Å². The average Bonchev–Trinajstić information content (AvgIpc) is 2.54. The van der Waals surface area contributed by atoms with Crippen molar-refractivity contribution < 1.29 is 29.0 Å². The molecule has 0 aliphatic carbocycles. The topological polar surface area (TPSA) is 148 Å². The van der Waals surface area contributed by atoms with Gasteiger partial charge in [-0.05, 0) is 24.6 Å². The molecule has 27 heavy (non-hydrogen) atoms. The third kappa shape index (κ3) is 8.06. The number of hydrogen-bond acceptors (Lipinski definition) is 5. The van der Waals surface area contributed by atoms with Crippen LogP contribution in [0.15, 0.2) is 23.2 Å². The fourth-order valence-electron chi connectivity index (χ4n) is 1.94. The standard InChI is InChI=1S/C16H17Cl2N3O6/c1-8(22)5-9(14(24)25)7-27-16(26)21-15(19)20-13(23)6-10-11(17)3-2-4-12(10)18/h2-4,9H,5-7H2,1H3,(H,24,25)(H3,19,20,21,23,26)/t9-/m0/s1. The average molecular weight is 418 g/mol. The monoisotopic (exact) mass is 417 g/mol. The van der Waals surface area contributed by atoms with Crippen molar-refractivity contribution in [1.29, 1.82) is 0 Å². The number of amides is 2. The summed E-state index contributed by atoms with van der Waals surface area (Å²) in [5, 5.41) is 11.7. The number of ketones is 1. The molecule has 146 valence electrons. The summed E-state index contributed by atoms with van der Waals surface area (Å²) in [5.74, 6) is -4.03. The molecule has 0 bridgehead atoms. The molecule has 0 aliphatic rings. The number of guanidine groups is 1. The van der Waals surface area contributed by atoms with Crippen molar-refractivity contribution in [3.63, 3.8) is 0 Å². The molecule has 11 heteroatoms. The molecule has 4 N–H and O–H groups in total. The first-order valence-corrected chi connectivity index (χ1v) is 8.31. The number of ether oxygens (including phenoxy) is 1. The highest BCUT2D eigenvalue weighted by molar-refractivity contribution is 6.36. The number of nitrogens with one attached hydrogen (secondary N) is 1. The second kappa shape index (κ2) is 10.5. The van der Waals surface area contributed by atoms with Crippen LogP contribution in [0, 0.1) is 5.92 Å². The van der Waals surface area contributed by atoms with Gasteiger partial charge in [-0.15, -0.1) is 4.99 Å². The molecule has 1 rings (SSSR count). The number of carbonyl (C=O) groups is 4. The summed E-state index contributed by atoms with van der Waals surface area (Å²) in [4.78, 5) is 48.7. The van der Waals surface area contributed by atoms with Crippen LogP contribution in [0.5, 0.6) is 0 Å². The van der Waals surface area contributed by atoms with Crippen molar-refractivity contribution in [3.05, 3.63) is 33.8 Å². The van der Waals surface area contributed by atoms with Crippen LogP contribution < -0.4 is 11.1 Å². The maximum atomic E-state index is 11.9. The predicted molar refractivity (Wildman–Crippen MR) is 97.7 cm³/mol. The molecule has 1 aromatic rings. The van der Waals surface area contributed by atoms with Gasteiger partial charge >= 0.3 is 12.1 Å². The second-order valence-corrected chi connectivity index (χ2v) is 6.25. The minimum absolute atomic E-state index is 0.205. The van der Waals surface area contributed by atoms with Crippen LogP contribution in [-0.2, 0) is 25.5 Å². The van der Waals surface area contributed by atoms with E-state index in [1.807, 2.05) is 0 Å². The van der Waals surface area contributed by atoms with E-state index in [9.17, 15) is 19.2 Å². The van der Waals surface area contributed by atoms with E-state index in [-0.39, 0.29) is 28.7 Å². The predicted octanol–water partition coefficient (Wildman–Crippen LogP) is 1.78. The first-order valence-electron chi connectivity index (χ1n) is 7.56. The summed E-state index contributed by atoms with van der Waals surface area (Å²) in [6.07, 6.45) is -1.71. The van der Waals surface area contributed by atoms with Gasteiger partial charge in [0, 0.05) is 16.5 Å². The number of aliphatic imine (C=N–C) groups is 1. The molecular weight excluding hydrogens is 401 g/mol. The van der Waals surface area contributed by atoms with E-state index < -0.39 is 36.5 Å². The summed E-state index contributed by atoms with van der Waals surface area (Å²) in [6.45, 7) is 0.655. The van der Waals surface area contributed by atoms with E-state index >= 15 is 0 Å². The van der Waals surface area contributed by atoms with Crippen molar-refractivity contribution in [2.75, 3.05) is 6.61 Å². The number of aliphatic carboxylic acids is 1. The van der Waals surface area contributed by atoms with E-state index in [4.69, 9.17) is 34.0 Å². The Morgan fingerprint density at radius 2 is 1.85 bits per heavy atom. The lowest BCUT2D eigenvalue weighted by atomic mass is 10.1. The summed E-state index contributed by atoms with van der Waals surface area (Å²) >= 11 is 11.9. The van der Waals surface area contributed by atoms with E-state index in [1.54, 1.807) is 18.2 Å². The highest BCUT2D eigenvalue weighted by atomic mass is 35.5. The van der Waals surface area contributed by atoms with E-state index in [0.717, 1.165) is 0 Å². The number of halogens is 2. The van der Waals surface area contributed by atoms with Gasteiger partial charge in [0.15, 0.2) is 0 Å². The van der Waals surface area contributed by atoms with E-state index in [1.165, 1.54) is 6.92 Å². The molecule has 0 spiro atoms. The molecule has 1 aromatic carbocycles. The van der Waals surface area contributed by atoms with Crippen LogP contribution in [0.25, 0.3) is 0 Å². The third-order valence-corrected chi connectivity index (χ3v) is 3.88. The molecule has 0 aliphatic heterocycles. The lowest BCUT2D eigenvalue weighted by Gasteiger charge is -2.10. The lowest BCUT2D eigenvalue weighted by Crippen LogP contribution is -2.38. The zero-order valence-electron chi connectivity index (χ0n) is 14.2. The number of benzene rings is 1. The van der Waals surface area contributed by atoms with Crippen LogP contribution in [0.1, 0.15) is 18.9 Å². The first-order chi connectivity index (χ1) is 12.6. The zero-order valence-corrected chi connectivity index (χ0v) is 15.7. The van der Waals surface area contributed by atoms with Gasteiger partial charge in [0.1, 0.15) is 12.4 Å². The molecule has 0 aromatic heterocycles. The van der Waals surface area contributed by atoms with Gasteiger partial charge in [-0.1, -0.05) is 29.3 Å². The van der Waals surface area contributed by atoms with Crippen molar-refractivity contribution in [2.45, 2.75) is 19.8 Å². The van der Waals surface area contributed by atoms with Crippen LogP contribution in [0.4, 0.5) is 4.79 Å². The normalized spacial score (nSPS) is 12.2. The number of carboxylic acid groups (broad SMARTS) is 1. The quantitative estimate of drug-likeness (QED) is 0.452. The third-order valence-electron chi connectivity index (χ3n) is 3.17. The molecule has 0 saturated heterocycles. The fraction of sp³-hybridized carbons (Fsp3) is 0.312. The van der Waals surface area contributed by atoms with Crippen LogP contribution in [0.2, 0.25) is 10.0 Å². The molecule has 0 heterocycles. The SMILES string of the molecule is CC(=O)C[C@@H](COC(=O)/N=C(\N)NC(=O)Cc1c(Cl)cccc1Cl)C(=O)O. The minimum atomic E-state index is -1.29. The van der Waals surface area contributed by atoms with Crippen LogP contribution in [-0.4, -0.2) is 41.4 Å². The van der Waals surface area contributed by atoms with Gasteiger partial charge < -0.3 is 15.6 Å². The second-order valence-electron chi connectivity index (χ2n) is 5.44. The number of rotatable bonds is 7. The number of hydrogen-bond donors (Lipinski definition) is 3. The molecule has 0 saturated carbocycles.